The van der Waals surface area contributed by atoms with Gasteiger partial charge >= 0.3 is 5.69 Å². The van der Waals surface area contributed by atoms with Gasteiger partial charge in [0.25, 0.3) is 11.5 Å². The molecular formula is C21H21FN4O4. The van der Waals surface area contributed by atoms with Crippen molar-refractivity contribution in [3.8, 4) is 0 Å². The maximum absolute atomic E-state index is 13.3. The summed E-state index contributed by atoms with van der Waals surface area (Å²) < 4.78 is 19.5. The molecule has 1 aromatic heterocycles. The molecule has 2 aromatic carbocycles. The number of nitrogens with zero attached hydrogens (tertiary/aromatic N) is 2. The third-order valence-corrected chi connectivity index (χ3v) is 4.52. The van der Waals surface area contributed by atoms with E-state index in [0.29, 0.717) is 0 Å². The van der Waals surface area contributed by atoms with Crippen LogP contribution in [0.5, 0.6) is 0 Å². The van der Waals surface area contributed by atoms with E-state index in [1.165, 1.54) is 23.8 Å². The fraction of sp³-hybridized carbons (Fsp3) is 0.190. The molecule has 8 nitrogen and oxygen atoms in total. The Morgan fingerprint density at radius 2 is 1.80 bits per heavy atom. The van der Waals surface area contributed by atoms with Gasteiger partial charge in [0.15, 0.2) is 5.69 Å². The number of nitrogens with two attached hydrogens (primary N) is 1. The number of benzene rings is 2. The van der Waals surface area contributed by atoms with Crippen LogP contribution in [0.2, 0.25) is 0 Å². The number of hydrogen-bond acceptors (Lipinski definition) is 5. The lowest BCUT2D eigenvalue weighted by atomic mass is 10.2. The summed E-state index contributed by atoms with van der Waals surface area (Å²) in [6.45, 7) is 0.227. The number of aromatic amines is 1. The number of carbonyl (C=O) groups excluding carboxylic acids is 1. The summed E-state index contributed by atoms with van der Waals surface area (Å²) >= 11 is 0. The largest absolute Gasteiger partial charge is 0.383 e. The smallest absolute Gasteiger partial charge is 0.330 e. The molecule has 0 saturated heterocycles. The Bertz CT molecular complexity index is 1140. The van der Waals surface area contributed by atoms with Crippen LogP contribution in [0.15, 0.2) is 64.2 Å². The molecule has 1 amide bonds. The summed E-state index contributed by atoms with van der Waals surface area (Å²) in [5.74, 6) is -1.22. The van der Waals surface area contributed by atoms with E-state index in [9.17, 15) is 18.8 Å². The predicted molar refractivity (Wildman–Crippen MR) is 111 cm³/mol. The van der Waals surface area contributed by atoms with Crippen LogP contribution in [0.3, 0.4) is 0 Å². The number of hydrogen-bond donors (Lipinski definition) is 2. The van der Waals surface area contributed by atoms with E-state index in [2.05, 4.69) is 4.98 Å². The Hall–Kier alpha value is -3.72. The summed E-state index contributed by atoms with van der Waals surface area (Å²) in [6, 6.07) is 14.0. The summed E-state index contributed by atoms with van der Waals surface area (Å²) in [5.41, 5.74) is 5.49. The summed E-state index contributed by atoms with van der Waals surface area (Å²) in [4.78, 5) is 41.4. The molecule has 0 unspecified atom stereocenters. The average molecular weight is 412 g/mol. The second-order valence-electron chi connectivity index (χ2n) is 6.52. The lowest BCUT2D eigenvalue weighted by Gasteiger charge is -2.24. The third-order valence-electron chi connectivity index (χ3n) is 4.52. The van der Waals surface area contributed by atoms with E-state index < -0.39 is 23.0 Å². The Morgan fingerprint density at radius 1 is 1.13 bits per heavy atom. The Balaban J connectivity index is 2.09. The van der Waals surface area contributed by atoms with Gasteiger partial charge in [-0.3, -0.25) is 24.0 Å². The molecule has 1 heterocycles. The quantitative estimate of drug-likeness (QED) is 0.613. The molecule has 30 heavy (non-hydrogen) atoms. The van der Waals surface area contributed by atoms with Gasteiger partial charge in [-0.15, -0.1) is 0 Å². The molecule has 0 bridgehead atoms. The van der Waals surface area contributed by atoms with Gasteiger partial charge in [-0.05, 0) is 29.8 Å². The number of anilines is 2. The van der Waals surface area contributed by atoms with Crippen molar-refractivity contribution in [3.05, 3.63) is 92.4 Å². The first-order valence-electron chi connectivity index (χ1n) is 9.15. The summed E-state index contributed by atoms with van der Waals surface area (Å²) in [6.07, 6.45) is 0. The van der Waals surface area contributed by atoms with Crippen LogP contribution in [-0.4, -0.2) is 35.7 Å². The van der Waals surface area contributed by atoms with Crippen LogP contribution in [0.4, 0.5) is 15.9 Å². The monoisotopic (exact) mass is 412 g/mol. The summed E-state index contributed by atoms with van der Waals surface area (Å²) in [7, 11) is 1.45. The predicted octanol–water partition coefficient (Wildman–Crippen LogP) is 1.60. The van der Waals surface area contributed by atoms with Crippen LogP contribution in [0.25, 0.3) is 0 Å². The molecule has 0 fully saturated rings. The number of amides is 1. The van der Waals surface area contributed by atoms with E-state index in [0.717, 1.165) is 22.6 Å². The SMILES string of the molecule is COCCN(C(=O)c1ccc(F)cc1)c1c(N)n(Cc2ccccc2)c(=O)[nH]c1=O. The highest BCUT2D eigenvalue weighted by molar-refractivity contribution is 6.07. The van der Waals surface area contributed by atoms with Crippen LogP contribution in [-0.2, 0) is 11.3 Å². The van der Waals surface area contributed by atoms with Crippen molar-refractivity contribution in [2.24, 2.45) is 0 Å². The Morgan fingerprint density at radius 3 is 2.43 bits per heavy atom. The number of aromatic nitrogens is 2. The van der Waals surface area contributed by atoms with Gasteiger partial charge in [-0.1, -0.05) is 30.3 Å². The number of methoxy groups -OCH3 is 1. The first-order valence-corrected chi connectivity index (χ1v) is 9.15. The maximum atomic E-state index is 13.3. The second-order valence-corrected chi connectivity index (χ2v) is 6.52. The number of rotatable bonds is 7. The third kappa shape index (κ3) is 4.47. The zero-order valence-electron chi connectivity index (χ0n) is 16.3. The number of H-pyrrole nitrogens is 1. The maximum Gasteiger partial charge on any atom is 0.330 e. The Labute approximate surface area is 171 Å². The first kappa shape index (κ1) is 21.0. The van der Waals surface area contributed by atoms with Crippen LogP contribution in [0, 0.1) is 5.82 Å². The molecular weight excluding hydrogens is 391 g/mol. The van der Waals surface area contributed by atoms with Crippen LogP contribution >= 0.6 is 0 Å². The van der Waals surface area contributed by atoms with Gasteiger partial charge in [0.2, 0.25) is 0 Å². The highest BCUT2D eigenvalue weighted by atomic mass is 19.1. The standard InChI is InChI=1S/C21H21FN4O4/c1-30-12-11-25(20(28)15-7-9-16(22)10-8-15)17-18(23)26(21(29)24-19(17)27)13-14-5-3-2-4-6-14/h2-10H,11-13,23H2,1H3,(H,24,27,29). The molecule has 0 aliphatic rings. The number of nitrogen functional groups attached to an aromatic ring is 1. The van der Waals surface area contributed by atoms with Gasteiger partial charge in [-0.2, -0.15) is 0 Å². The van der Waals surface area contributed by atoms with Crippen molar-refractivity contribution in [1.29, 1.82) is 0 Å². The van der Waals surface area contributed by atoms with E-state index >= 15 is 0 Å². The van der Waals surface area contributed by atoms with Gasteiger partial charge in [0, 0.05) is 19.2 Å². The number of nitrogens with one attached hydrogen (secondary N) is 1. The van der Waals surface area contributed by atoms with Gasteiger partial charge < -0.3 is 10.5 Å². The molecule has 0 spiro atoms. The molecule has 3 N–H and O–H groups in total. The number of carbonyl (C=O) groups is 1. The highest BCUT2D eigenvalue weighted by Gasteiger charge is 2.25. The topological polar surface area (TPSA) is 110 Å². The minimum Gasteiger partial charge on any atom is -0.383 e. The van der Waals surface area contributed by atoms with Crippen molar-refractivity contribution >= 4 is 17.4 Å². The molecule has 9 heteroatoms. The van der Waals surface area contributed by atoms with Crippen LogP contribution in [0.1, 0.15) is 15.9 Å². The molecule has 0 saturated carbocycles. The van der Waals surface area contributed by atoms with Gasteiger partial charge in [0.1, 0.15) is 11.6 Å². The second kappa shape index (κ2) is 9.19. The first-order chi connectivity index (χ1) is 14.4. The highest BCUT2D eigenvalue weighted by Crippen LogP contribution is 2.20. The normalized spacial score (nSPS) is 10.7. The molecule has 3 rings (SSSR count). The Kier molecular flexibility index (Phi) is 6.43. The van der Waals surface area contributed by atoms with E-state index in [1.807, 2.05) is 30.3 Å². The van der Waals surface area contributed by atoms with Crippen molar-refractivity contribution < 1.29 is 13.9 Å². The fourth-order valence-electron chi connectivity index (χ4n) is 3.01. The lowest BCUT2D eigenvalue weighted by Crippen LogP contribution is -2.42. The van der Waals surface area contributed by atoms with Gasteiger partial charge in [0.05, 0.1) is 13.2 Å². The minimum absolute atomic E-state index is 0.00350. The molecule has 0 radical (unpaired) electrons. The molecule has 3 aromatic rings. The lowest BCUT2D eigenvalue weighted by molar-refractivity contribution is 0.0975. The van der Waals surface area contributed by atoms with Crippen molar-refractivity contribution in [2.45, 2.75) is 6.54 Å². The van der Waals surface area contributed by atoms with E-state index in [-0.39, 0.29) is 36.8 Å². The number of ether oxygens (including phenoxy) is 1. The van der Waals surface area contributed by atoms with Gasteiger partial charge in [-0.25, -0.2) is 9.18 Å². The zero-order valence-corrected chi connectivity index (χ0v) is 16.3. The average Bonchev–Trinajstić information content (AvgIpc) is 2.74. The zero-order chi connectivity index (χ0) is 21.7. The molecule has 0 atom stereocenters. The summed E-state index contributed by atoms with van der Waals surface area (Å²) in [5, 5.41) is 0. The van der Waals surface area contributed by atoms with E-state index in [1.54, 1.807) is 0 Å². The number of halogens is 1. The molecule has 0 aliphatic heterocycles. The fourth-order valence-corrected chi connectivity index (χ4v) is 3.01. The van der Waals surface area contributed by atoms with Crippen molar-refractivity contribution in [2.75, 3.05) is 30.9 Å². The molecule has 0 aliphatic carbocycles. The van der Waals surface area contributed by atoms with Crippen LogP contribution < -0.4 is 21.9 Å². The van der Waals surface area contributed by atoms with Crippen molar-refractivity contribution in [1.82, 2.24) is 9.55 Å². The molecule has 156 valence electrons. The van der Waals surface area contributed by atoms with Crippen molar-refractivity contribution in [3.63, 3.8) is 0 Å². The minimum atomic E-state index is -0.798. The van der Waals surface area contributed by atoms with E-state index in [4.69, 9.17) is 10.5 Å².